The minimum Gasteiger partial charge on any atom is -0.278 e. The van der Waals surface area contributed by atoms with E-state index in [2.05, 4.69) is 8.75 Å². The molecule has 0 aliphatic rings. The summed E-state index contributed by atoms with van der Waals surface area (Å²) in [5, 5.41) is 0. The van der Waals surface area contributed by atoms with Gasteiger partial charge in [-0.1, -0.05) is 32.3 Å². The largest absolute Gasteiger partial charge is 0.283 e. The first-order valence-corrected chi connectivity index (χ1v) is 7.29. The van der Waals surface area contributed by atoms with Gasteiger partial charge in [0.15, 0.2) is 0 Å². The van der Waals surface area contributed by atoms with Crippen molar-refractivity contribution < 1.29 is 0 Å². The molecule has 0 amide bonds. The summed E-state index contributed by atoms with van der Waals surface area (Å²) in [6.45, 7) is 6.49. The van der Waals surface area contributed by atoms with Crippen molar-refractivity contribution in [3.63, 3.8) is 0 Å². The van der Waals surface area contributed by atoms with Crippen LogP contribution < -0.4 is 11.1 Å². The van der Waals surface area contributed by atoms with Crippen LogP contribution in [0.1, 0.15) is 43.2 Å². The summed E-state index contributed by atoms with van der Waals surface area (Å²) in [7, 11) is 0. The lowest BCUT2D eigenvalue weighted by Crippen LogP contribution is -2.20. The quantitative estimate of drug-likeness (QED) is 0.934. The molecule has 18 heavy (non-hydrogen) atoms. The zero-order chi connectivity index (χ0) is 13.3. The lowest BCUT2D eigenvalue weighted by Gasteiger charge is -2.07. The number of H-pyrrole nitrogens is 1. The van der Waals surface area contributed by atoms with E-state index >= 15 is 0 Å². The van der Waals surface area contributed by atoms with Gasteiger partial charge in [-0.25, -0.2) is 3.96 Å². The van der Waals surface area contributed by atoms with Gasteiger partial charge < -0.3 is 0 Å². The smallest absolute Gasteiger partial charge is 0.278 e. The minimum atomic E-state index is -0.0821. The highest BCUT2D eigenvalue weighted by Gasteiger charge is 2.16. The second kappa shape index (κ2) is 5.19. The van der Waals surface area contributed by atoms with Crippen molar-refractivity contribution in [3.8, 4) is 0 Å². The number of aromatic amines is 1. The first kappa shape index (κ1) is 13.2. The maximum atomic E-state index is 12.0. The van der Waals surface area contributed by atoms with Crippen LogP contribution >= 0.6 is 23.3 Å². The van der Waals surface area contributed by atoms with Crippen molar-refractivity contribution in [3.05, 3.63) is 37.3 Å². The monoisotopic (exact) mass is 285 g/mol. The van der Waals surface area contributed by atoms with E-state index in [9.17, 15) is 9.59 Å². The molecule has 5 nitrogen and oxygen atoms in total. The summed E-state index contributed by atoms with van der Waals surface area (Å²) in [6.07, 6.45) is 0. The zero-order valence-corrected chi connectivity index (χ0v) is 12.1. The fourth-order valence-corrected chi connectivity index (χ4v) is 3.30. The molecule has 0 aliphatic carbocycles. The second-order valence-electron chi connectivity index (χ2n) is 4.60. The average molecular weight is 285 g/mol. The lowest BCUT2D eigenvalue weighted by atomic mass is 10.1. The van der Waals surface area contributed by atoms with Gasteiger partial charge >= 0.3 is 0 Å². The summed E-state index contributed by atoms with van der Waals surface area (Å²) in [6, 6.07) is 1.59. The third-order valence-corrected chi connectivity index (χ3v) is 4.55. The van der Waals surface area contributed by atoms with Crippen LogP contribution in [0, 0.1) is 0 Å². The van der Waals surface area contributed by atoms with Gasteiger partial charge in [0.25, 0.3) is 11.1 Å². The van der Waals surface area contributed by atoms with Crippen molar-refractivity contribution in [2.75, 3.05) is 0 Å². The molecule has 98 valence electrons. The Balaban J connectivity index is 2.20. The standard InChI is InChI=1S/C11H15N3O2S2/c1-6(2)10-11(16)14(18-13-10)5-7(3)8-4-9(15)12-17-8/h4,6-7H,5H2,1-3H3,(H,12,15). The van der Waals surface area contributed by atoms with E-state index in [0.29, 0.717) is 12.2 Å². The van der Waals surface area contributed by atoms with Crippen LogP contribution in [-0.2, 0) is 6.54 Å². The molecule has 2 rings (SSSR count). The normalized spacial score (nSPS) is 13.1. The highest BCUT2D eigenvalue weighted by atomic mass is 32.1. The van der Waals surface area contributed by atoms with Gasteiger partial charge in [0.05, 0.1) is 0 Å². The number of nitrogens with zero attached hydrogens (tertiary/aromatic N) is 2. The molecule has 0 fully saturated rings. The average Bonchev–Trinajstić information content (AvgIpc) is 2.86. The van der Waals surface area contributed by atoms with Crippen LogP contribution in [0.3, 0.4) is 0 Å². The van der Waals surface area contributed by atoms with E-state index in [1.165, 1.54) is 23.3 Å². The highest BCUT2D eigenvalue weighted by Crippen LogP contribution is 2.19. The van der Waals surface area contributed by atoms with Gasteiger partial charge in [-0.2, -0.15) is 4.37 Å². The molecule has 0 spiro atoms. The Morgan fingerprint density at radius 3 is 2.61 bits per heavy atom. The maximum Gasteiger partial charge on any atom is 0.283 e. The Hall–Kier alpha value is -1.21. The second-order valence-corrected chi connectivity index (χ2v) is 6.26. The summed E-state index contributed by atoms with van der Waals surface area (Å²) in [5.74, 6) is 0.278. The van der Waals surface area contributed by atoms with E-state index < -0.39 is 0 Å². The molecular weight excluding hydrogens is 270 g/mol. The van der Waals surface area contributed by atoms with Gasteiger partial charge in [-0.3, -0.25) is 14.0 Å². The third kappa shape index (κ3) is 2.62. The number of aromatic nitrogens is 3. The Bertz CT molecular complexity index is 635. The lowest BCUT2D eigenvalue weighted by molar-refractivity contribution is 0.624. The number of hydrogen-bond acceptors (Lipinski definition) is 5. The van der Waals surface area contributed by atoms with Crippen LogP contribution in [0.25, 0.3) is 0 Å². The molecule has 0 aromatic carbocycles. The molecule has 1 atom stereocenters. The molecule has 2 aromatic heterocycles. The van der Waals surface area contributed by atoms with Gasteiger partial charge in [0.1, 0.15) is 5.69 Å². The number of rotatable bonds is 4. The molecule has 1 N–H and O–H groups in total. The van der Waals surface area contributed by atoms with Gasteiger partial charge in [-0.15, -0.1) is 0 Å². The zero-order valence-electron chi connectivity index (χ0n) is 10.5. The Labute approximate surface area is 113 Å². The summed E-state index contributed by atoms with van der Waals surface area (Å²) >= 11 is 2.53. The predicted octanol–water partition coefficient (Wildman–Crippen LogP) is 1.98. The first-order valence-electron chi connectivity index (χ1n) is 5.74. The number of nitrogens with one attached hydrogen (secondary N) is 1. The highest BCUT2D eigenvalue weighted by molar-refractivity contribution is 7.05. The molecule has 2 heterocycles. The van der Waals surface area contributed by atoms with Crippen molar-refractivity contribution in [2.24, 2.45) is 0 Å². The molecule has 7 heteroatoms. The Morgan fingerprint density at radius 1 is 1.39 bits per heavy atom. The number of hydrogen-bond donors (Lipinski definition) is 1. The van der Waals surface area contributed by atoms with Crippen molar-refractivity contribution in [2.45, 2.75) is 39.2 Å². The van der Waals surface area contributed by atoms with Crippen LogP contribution in [0.5, 0.6) is 0 Å². The summed E-state index contributed by atoms with van der Waals surface area (Å²) in [4.78, 5) is 24.1. The molecule has 0 saturated carbocycles. The Morgan fingerprint density at radius 2 is 2.11 bits per heavy atom. The molecule has 1 unspecified atom stereocenters. The maximum absolute atomic E-state index is 12.0. The molecule has 0 aliphatic heterocycles. The van der Waals surface area contributed by atoms with Crippen LogP contribution in [0.2, 0.25) is 0 Å². The van der Waals surface area contributed by atoms with Crippen LogP contribution in [0.15, 0.2) is 15.7 Å². The predicted molar refractivity (Wildman–Crippen MR) is 73.8 cm³/mol. The fraction of sp³-hybridized carbons (Fsp3) is 0.545. The third-order valence-electron chi connectivity index (χ3n) is 2.70. The molecule has 0 saturated heterocycles. The van der Waals surface area contributed by atoms with E-state index in [-0.39, 0.29) is 23.0 Å². The molecular formula is C11H15N3O2S2. The van der Waals surface area contributed by atoms with Crippen molar-refractivity contribution >= 4 is 23.3 Å². The van der Waals surface area contributed by atoms with Crippen LogP contribution in [-0.4, -0.2) is 12.7 Å². The van der Waals surface area contributed by atoms with Crippen molar-refractivity contribution in [1.29, 1.82) is 0 Å². The summed E-state index contributed by atoms with van der Waals surface area (Å²) < 4.78 is 8.51. The van der Waals surface area contributed by atoms with Crippen LogP contribution in [0.4, 0.5) is 0 Å². The summed E-state index contributed by atoms with van der Waals surface area (Å²) in [5.41, 5.74) is 0.528. The minimum absolute atomic E-state index is 0.00951. The van der Waals surface area contributed by atoms with E-state index in [1.807, 2.05) is 20.8 Å². The SMILES string of the molecule is CC(C)c1nsn(CC(C)c2cc(=O)[nH]s2)c1=O. The van der Waals surface area contributed by atoms with E-state index in [1.54, 1.807) is 10.0 Å². The molecule has 2 aromatic rings. The van der Waals surface area contributed by atoms with Crippen molar-refractivity contribution in [1.82, 2.24) is 12.7 Å². The van der Waals surface area contributed by atoms with Gasteiger partial charge in [0.2, 0.25) is 0 Å². The van der Waals surface area contributed by atoms with Gasteiger partial charge in [0, 0.05) is 41.1 Å². The van der Waals surface area contributed by atoms with Gasteiger partial charge in [-0.05, 0) is 0 Å². The molecule has 0 bridgehead atoms. The fourth-order valence-electron chi connectivity index (χ4n) is 1.64. The molecule has 0 radical (unpaired) electrons. The Kier molecular flexibility index (Phi) is 3.82. The van der Waals surface area contributed by atoms with E-state index in [0.717, 1.165) is 4.88 Å². The first-order chi connectivity index (χ1) is 8.49. The topological polar surface area (TPSA) is 67.8 Å². The van der Waals surface area contributed by atoms with E-state index in [4.69, 9.17) is 0 Å².